The van der Waals surface area contributed by atoms with Crippen molar-refractivity contribution in [2.45, 2.75) is 10.6 Å². The molecule has 1 aliphatic heterocycles. The summed E-state index contributed by atoms with van der Waals surface area (Å²) in [7, 11) is 1.28. The van der Waals surface area contributed by atoms with E-state index in [4.69, 9.17) is 16.3 Å². The Morgan fingerprint density at radius 1 is 1.28 bits per heavy atom. The molecule has 1 aliphatic rings. The Balaban J connectivity index is 1.83. The van der Waals surface area contributed by atoms with Crippen LogP contribution in [0.4, 0.5) is 5.69 Å². The van der Waals surface area contributed by atoms with Gasteiger partial charge in [0.05, 0.1) is 31.5 Å². The highest BCUT2D eigenvalue weighted by atomic mass is 35.5. The maximum atomic E-state index is 12.7. The number of hydrogen-bond acceptors (Lipinski definition) is 6. The molecule has 152 valence electrons. The predicted octanol–water partition coefficient (Wildman–Crippen LogP) is 3.31. The lowest BCUT2D eigenvalue weighted by Gasteiger charge is -2.16. The number of β-amino-alcohol motifs (C(OH)–C–C–N with tert-alkyl or cyclic N) is 1. The van der Waals surface area contributed by atoms with Crippen LogP contribution in [0.15, 0.2) is 64.7 Å². The lowest BCUT2D eigenvalue weighted by molar-refractivity contribution is -0.136. The van der Waals surface area contributed by atoms with Gasteiger partial charge in [0.1, 0.15) is 5.70 Å². The fourth-order valence-electron chi connectivity index (χ4n) is 2.97. The number of amides is 1. The summed E-state index contributed by atoms with van der Waals surface area (Å²) in [5.74, 6) is -0.202. The highest BCUT2D eigenvalue weighted by Gasteiger charge is 2.34. The van der Waals surface area contributed by atoms with Gasteiger partial charge in [-0.2, -0.15) is 0 Å². The van der Waals surface area contributed by atoms with Crippen molar-refractivity contribution >= 4 is 40.9 Å². The molecule has 6 nitrogen and oxygen atoms in total. The van der Waals surface area contributed by atoms with Gasteiger partial charge in [0.25, 0.3) is 5.91 Å². The maximum Gasteiger partial charge on any atom is 0.337 e. The number of nitrogens with one attached hydrogen (secondary N) is 1. The molecule has 0 atom stereocenters. The summed E-state index contributed by atoms with van der Waals surface area (Å²) < 4.78 is 4.83. The van der Waals surface area contributed by atoms with Crippen LogP contribution in [-0.2, 0) is 20.1 Å². The van der Waals surface area contributed by atoms with Gasteiger partial charge in [0.2, 0.25) is 0 Å². The molecule has 8 heteroatoms. The Labute approximate surface area is 178 Å². The van der Waals surface area contributed by atoms with Crippen molar-refractivity contribution in [3.8, 4) is 0 Å². The van der Waals surface area contributed by atoms with Gasteiger partial charge >= 0.3 is 5.97 Å². The number of rotatable bonds is 8. The van der Waals surface area contributed by atoms with Gasteiger partial charge in [-0.05, 0) is 29.8 Å². The minimum absolute atomic E-state index is 0.103. The number of anilines is 1. The number of hydrogen-bond donors (Lipinski definition) is 2. The van der Waals surface area contributed by atoms with Crippen molar-refractivity contribution < 1.29 is 19.4 Å². The largest absolute Gasteiger partial charge is 0.466 e. The fourth-order valence-corrected chi connectivity index (χ4v) is 4.13. The Morgan fingerprint density at radius 3 is 2.79 bits per heavy atom. The van der Waals surface area contributed by atoms with Crippen molar-refractivity contribution in [2.75, 3.05) is 32.1 Å². The lowest BCUT2D eigenvalue weighted by Crippen LogP contribution is -2.31. The van der Waals surface area contributed by atoms with Crippen LogP contribution in [0.1, 0.15) is 5.56 Å². The van der Waals surface area contributed by atoms with Crippen molar-refractivity contribution in [3.05, 3.63) is 70.4 Å². The van der Waals surface area contributed by atoms with Gasteiger partial charge in [-0.3, -0.25) is 4.79 Å². The first-order valence-corrected chi connectivity index (χ1v) is 10.3. The van der Waals surface area contributed by atoms with E-state index in [1.54, 1.807) is 11.8 Å². The zero-order valence-corrected chi connectivity index (χ0v) is 17.4. The monoisotopic (exact) mass is 432 g/mol. The van der Waals surface area contributed by atoms with Crippen LogP contribution in [0, 0.1) is 0 Å². The van der Waals surface area contributed by atoms with Gasteiger partial charge in [-0.15, -0.1) is 11.8 Å². The normalized spacial score (nSPS) is 13.8. The Bertz CT molecular complexity index is 948. The number of halogens is 1. The molecule has 0 saturated heterocycles. The zero-order chi connectivity index (χ0) is 20.8. The smallest absolute Gasteiger partial charge is 0.337 e. The molecular formula is C21H21ClN2O4S. The fraction of sp³-hybridized carbons (Fsp3) is 0.238. The van der Waals surface area contributed by atoms with Crippen LogP contribution in [0.25, 0.3) is 0 Å². The molecule has 0 aromatic heterocycles. The molecule has 0 saturated carbocycles. The van der Waals surface area contributed by atoms with Crippen molar-refractivity contribution in [3.63, 3.8) is 0 Å². The summed E-state index contributed by atoms with van der Waals surface area (Å²) in [5.41, 5.74) is 2.23. The highest BCUT2D eigenvalue weighted by Crippen LogP contribution is 2.32. The standard InChI is InChI=1S/C21H21ClN2O4S/c1-28-21(27)16-12-24(9-10-25)20(26)19(16)23-17-7-2-3-8-18(17)29-13-14-5-4-6-15(22)11-14/h2-8,11,23,25H,9-10,12-13H2,1H3. The van der Waals surface area contributed by atoms with Crippen LogP contribution in [0.2, 0.25) is 5.02 Å². The summed E-state index contributed by atoms with van der Waals surface area (Å²) in [6.45, 7) is 0.0709. The first kappa shape index (κ1) is 21.2. The van der Waals surface area contributed by atoms with E-state index in [0.717, 1.165) is 16.1 Å². The number of benzene rings is 2. The van der Waals surface area contributed by atoms with Gasteiger partial charge in [-0.25, -0.2) is 4.79 Å². The second-order valence-corrected chi connectivity index (χ2v) is 7.79. The highest BCUT2D eigenvalue weighted by molar-refractivity contribution is 7.98. The molecule has 0 fully saturated rings. The van der Waals surface area contributed by atoms with Crippen LogP contribution in [0.3, 0.4) is 0 Å². The average Bonchev–Trinajstić information content (AvgIpc) is 3.03. The molecule has 1 amide bonds. The molecular weight excluding hydrogens is 412 g/mol. The van der Waals surface area contributed by atoms with E-state index in [1.807, 2.05) is 48.5 Å². The van der Waals surface area contributed by atoms with Crippen LogP contribution < -0.4 is 5.32 Å². The topological polar surface area (TPSA) is 78.9 Å². The van der Waals surface area contributed by atoms with Gasteiger partial charge in [0, 0.05) is 22.2 Å². The first-order valence-electron chi connectivity index (χ1n) is 8.98. The van der Waals surface area contributed by atoms with E-state index in [9.17, 15) is 14.7 Å². The van der Waals surface area contributed by atoms with E-state index in [-0.39, 0.29) is 36.9 Å². The third-order valence-electron chi connectivity index (χ3n) is 4.38. The van der Waals surface area contributed by atoms with E-state index in [1.165, 1.54) is 12.0 Å². The molecule has 0 radical (unpaired) electrons. The van der Waals surface area contributed by atoms with Crippen molar-refractivity contribution in [1.82, 2.24) is 4.90 Å². The van der Waals surface area contributed by atoms with Crippen molar-refractivity contribution in [2.24, 2.45) is 0 Å². The number of carbonyl (C=O) groups excluding carboxylic acids is 2. The quantitative estimate of drug-likeness (QED) is 0.492. The number of carbonyl (C=O) groups is 2. The zero-order valence-electron chi connectivity index (χ0n) is 15.9. The number of aliphatic hydroxyl groups excluding tert-OH is 1. The first-order chi connectivity index (χ1) is 14.0. The van der Waals surface area contributed by atoms with Gasteiger partial charge in [-0.1, -0.05) is 35.9 Å². The number of nitrogens with zero attached hydrogens (tertiary/aromatic N) is 1. The maximum absolute atomic E-state index is 12.7. The number of aliphatic hydroxyl groups is 1. The van der Waals surface area contributed by atoms with Gasteiger partial charge < -0.3 is 20.1 Å². The van der Waals surface area contributed by atoms with E-state index in [0.29, 0.717) is 10.8 Å². The SMILES string of the molecule is COC(=O)C1=C(Nc2ccccc2SCc2cccc(Cl)c2)C(=O)N(CCO)C1. The lowest BCUT2D eigenvalue weighted by atomic mass is 10.2. The Morgan fingerprint density at radius 2 is 2.07 bits per heavy atom. The molecule has 29 heavy (non-hydrogen) atoms. The average molecular weight is 433 g/mol. The van der Waals surface area contributed by atoms with E-state index < -0.39 is 5.97 Å². The molecule has 2 N–H and O–H groups in total. The molecule has 2 aromatic carbocycles. The minimum atomic E-state index is -0.564. The Hall–Kier alpha value is -2.48. The third-order valence-corrected chi connectivity index (χ3v) is 5.76. The molecule has 0 unspecified atom stereocenters. The van der Waals surface area contributed by atoms with E-state index in [2.05, 4.69) is 5.32 Å². The van der Waals surface area contributed by atoms with Gasteiger partial charge in [0.15, 0.2) is 0 Å². The van der Waals surface area contributed by atoms with E-state index >= 15 is 0 Å². The minimum Gasteiger partial charge on any atom is -0.466 e. The predicted molar refractivity (Wildman–Crippen MR) is 114 cm³/mol. The second kappa shape index (κ2) is 9.82. The number of thioether (sulfide) groups is 1. The van der Waals surface area contributed by atoms with Crippen LogP contribution >= 0.6 is 23.4 Å². The van der Waals surface area contributed by atoms with Crippen LogP contribution in [-0.4, -0.2) is 48.7 Å². The molecule has 0 bridgehead atoms. The Kier molecular flexibility index (Phi) is 7.19. The number of methoxy groups -OCH3 is 1. The molecule has 3 rings (SSSR count). The molecule has 2 aromatic rings. The summed E-state index contributed by atoms with van der Waals surface area (Å²) in [4.78, 5) is 27.2. The van der Waals surface area contributed by atoms with Crippen LogP contribution in [0.5, 0.6) is 0 Å². The second-order valence-electron chi connectivity index (χ2n) is 6.34. The number of ether oxygens (including phenoxy) is 1. The molecule has 0 spiro atoms. The number of esters is 1. The third kappa shape index (κ3) is 5.12. The van der Waals surface area contributed by atoms with Crippen molar-refractivity contribution in [1.29, 1.82) is 0 Å². The molecule has 0 aliphatic carbocycles. The summed E-state index contributed by atoms with van der Waals surface area (Å²) >= 11 is 7.65. The summed E-state index contributed by atoms with van der Waals surface area (Å²) in [6, 6.07) is 15.2. The number of para-hydroxylation sites is 1. The summed E-state index contributed by atoms with van der Waals surface area (Å²) in [6.07, 6.45) is 0. The summed E-state index contributed by atoms with van der Waals surface area (Å²) in [5, 5.41) is 13.0. The molecule has 1 heterocycles.